The number of piperazine rings is 1. The normalized spacial score (nSPS) is 18.6. The van der Waals surface area contributed by atoms with Crippen LogP contribution in [-0.2, 0) is 9.53 Å². The number of hydrogen-bond acceptors (Lipinski definition) is 6. The number of carbonyl (C=O) groups excluding carboxylic acids is 3. The number of aliphatic hydroxyl groups excluding tert-OH is 1. The Balaban J connectivity index is 2.14. The van der Waals surface area contributed by atoms with Gasteiger partial charge in [0.2, 0.25) is 5.91 Å². The lowest BCUT2D eigenvalue weighted by molar-refractivity contribution is -0.140. The molecular weight excluding hydrogens is 326 g/mol. The van der Waals surface area contributed by atoms with Gasteiger partial charge in [0.25, 0.3) is 5.91 Å². The maximum atomic E-state index is 12.8. The summed E-state index contributed by atoms with van der Waals surface area (Å²) in [6.07, 6.45) is 2.76. The number of nitrogens with zero attached hydrogens (tertiary/aromatic N) is 3. The molecule has 1 aromatic heterocycles. The molecule has 1 saturated heterocycles. The molecule has 0 bridgehead atoms. The molecule has 0 aliphatic carbocycles. The minimum atomic E-state index is -0.616. The summed E-state index contributed by atoms with van der Waals surface area (Å²) in [6, 6.07) is 1.31. The average Bonchev–Trinajstić information content (AvgIpc) is 2.65. The minimum Gasteiger partial charge on any atom is -0.465 e. The van der Waals surface area contributed by atoms with Crippen LogP contribution in [0.5, 0.6) is 0 Å². The molecular formula is C17H23N3O5. The number of hydrogen-bond donors (Lipinski definition) is 1. The van der Waals surface area contributed by atoms with Crippen molar-refractivity contribution in [1.82, 2.24) is 14.8 Å². The van der Waals surface area contributed by atoms with E-state index in [-0.39, 0.29) is 35.6 Å². The fraction of sp³-hybridized carbons (Fsp3) is 0.529. The molecule has 136 valence electrons. The van der Waals surface area contributed by atoms with Gasteiger partial charge in [-0.25, -0.2) is 4.79 Å². The second kappa shape index (κ2) is 8.06. The Morgan fingerprint density at radius 3 is 2.68 bits per heavy atom. The summed E-state index contributed by atoms with van der Waals surface area (Å²) < 4.78 is 4.70. The monoisotopic (exact) mass is 349 g/mol. The maximum Gasteiger partial charge on any atom is 0.340 e. The van der Waals surface area contributed by atoms with Crippen LogP contribution in [0, 0.1) is 5.92 Å². The van der Waals surface area contributed by atoms with Gasteiger partial charge in [-0.2, -0.15) is 0 Å². The lowest BCUT2D eigenvalue weighted by Crippen LogP contribution is -2.56. The molecule has 0 spiro atoms. The van der Waals surface area contributed by atoms with E-state index in [2.05, 4.69) is 4.98 Å². The van der Waals surface area contributed by atoms with E-state index >= 15 is 0 Å². The van der Waals surface area contributed by atoms with Gasteiger partial charge in [-0.15, -0.1) is 0 Å². The predicted octanol–water partition coefficient (Wildman–Crippen LogP) is 0.170. The van der Waals surface area contributed by atoms with E-state index in [0.717, 1.165) is 0 Å². The number of methoxy groups -OCH3 is 1. The quantitative estimate of drug-likeness (QED) is 0.778. The van der Waals surface area contributed by atoms with E-state index in [0.29, 0.717) is 19.6 Å². The first-order chi connectivity index (χ1) is 11.9. The molecule has 2 amide bonds. The van der Waals surface area contributed by atoms with Gasteiger partial charge in [-0.3, -0.25) is 14.6 Å². The molecule has 1 fully saturated rings. The fourth-order valence-corrected chi connectivity index (χ4v) is 2.85. The van der Waals surface area contributed by atoms with Crippen LogP contribution in [0.25, 0.3) is 0 Å². The second-order valence-electron chi connectivity index (χ2n) is 6.13. The van der Waals surface area contributed by atoms with E-state index in [1.54, 1.807) is 16.7 Å². The van der Waals surface area contributed by atoms with Crippen molar-refractivity contribution in [2.24, 2.45) is 5.92 Å². The maximum absolute atomic E-state index is 12.8. The van der Waals surface area contributed by atoms with Crippen LogP contribution in [0.15, 0.2) is 18.5 Å². The van der Waals surface area contributed by atoms with Crippen molar-refractivity contribution in [3.05, 3.63) is 29.6 Å². The number of aromatic nitrogens is 1. The number of rotatable bonds is 4. The lowest BCUT2D eigenvalue weighted by atomic mass is 10.1. The molecule has 1 aliphatic rings. The van der Waals surface area contributed by atoms with Gasteiger partial charge in [0.1, 0.15) is 0 Å². The highest BCUT2D eigenvalue weighted by Gasteiger charge is 2.33. The van der Waals surface area contributed by atoms with Crippen molar-refractivity contribution in [3.63, 3.8) is 0 Å². The average molecular weight is 349 g/mol. The molecule has 1 aliphatic heterocycles. The first-order valence-corrected chi connectivity index (χ1v) is 8.13. The van der Waals surface area contributed by atoms with Crippen LogP contribution in [0.2, 0.25) is 0 Å². The molecule has 0 saturated carbocycles. The van der Waals surface area contributed by atoms with Crippen LogP contribution >= 0.6 is 0 Å². The molecule has 25 heavy (non-hydrogen) atoms. The lowest BCUT2D eigenvalue weighted by Gasteiger charge is -2.41. The number of pyridine rings is 1. The van der Waals surface area contributed by atoms with Gasteiger partial charge in [-0.1, -0.05) is 6.92 Å². The summed E-state index contributed by atoms with van der Waals surface area (Å²) in [5, 5.41) is 9.16. The Bertz CT molecular complexity index is 663. The van der Waals surface area contributed by atoms with E-state index in [1.807, 2.05) is 6.92 Å². The van der Waals surface area contributed by atoms with E-state index < -0.39 is 11.9 Å². The topological polar surface area (TPSA) is 100 Å². The van der Waals surface area contributed by atoms with Crippen molar-refractivity contribution in [2.75, 3.05) is 33.4 Å². The van der Waals surface area contributed by atoms with Crippen LogP contribution in [-0.4, -0.2) is 77.1 Å². The number of ether oxygens (including phenoxy) is 1. The van der Waals surface area contributed by atoms with Crippen molar-refractivity contribution in [1.29, 1.82) is 0 Å². The Morgan fingerprint density at radius 1 is 1.36 bits per heavy atom. The smallest absolute Gasteiger partial charge is 0.340 e. The zero-order chi connectivity index (χ0) is 18.6. The van der Waals surface area contributed by atoms with Crippen molar-refractivity contribution in [3.8, 4) is 0 Å². The summed E-state index contributed by atoms with van der Waals surface area (Å²) >= 11 is 0. The van der Waals surface area contributed by atoms with Gasteiger partial charge in [0.05, 0.1) is 30.8 Å². The zero-order valence-corrected chi connectivity index (χ0v) is 14.6. The Morgan fingerprint density at radius 2 is 2.08 bits per heavy atom. The van der Waals surface area contributed by atoms with Crippen molar-refractivity contribution >= 4 is 17.8 Å². The van der Waals surface area contributed by atoms with Gasteiger partial charge >= 0.3 is 5.97 Å². The Hall–Kier alpha value is -2.48. The van der Waals surface area contributed by atoms with E-state index in [4.69, 9.17) is 9.84 Å². The molecule has 2 atom stereocenters. The summed E-state index contributed by atoms with van der Waals surface area (Å²) in [5.74, 6) is -1.50. The molecule has 2 unspecified atom stereocenters. The summed E-state index contributed by atoms with van der Waals surface area (Å²) in [5.41, 5.74) is 0.354. The number of aliphatic hydroxyl groups is 1. The third-order valence-corrected chi connectivity index (χ3v) is 4.35. The van der Waals surface area contributed by atoms with E-state index in [1.165, 1.54) is 25.6 Å². The molecule has 0 radical (unpaired) electrons. The third-order valence-electron chi connectivity index (χ3n) is 4.35. The second-order valence-corrected chi connectivity index (χ2v) is 6.13. The predicted molar refractivity (Wildman–Crippen MR) is 88.9 cm³/mol. The SMILES string of the molecule is COC(=O)c1cnccc1C(=O)N1CCN(C(=O)C(C)CO)C(C)C1. The highest BCUT2D eigenvalue weighted by atomic mass is 16.5. The van der Waals surface area contributed by atoms with Gasteiger partial charge in [0.15, 0.2) is 0 Å². The molecule has 1 N–H and O–H groups in total. The van der Waals surface area contributed by atoms with Gasteiger partial charge in [0, 0.05) is 38.1 Å². The van der Waals surface area contributed by atoms with Crippen molar-refractivity contribution < 1.29 is 24.2 Å². The molecule has 0 aromatic carbocycles. The molecule has 1 aromatic rings. The summed E-state index contributed by atoms with van der Waals surface area (Å²) in [6.45, 7) is 4.42. The van der Waals surface area contributed by atoms with Gasteiger partial charge < -0.3 is 19.6 Å². The first kappa shape index (κ1) is 18.9. The van der Waals surface area contributed by atoms with Crippen LogP contribution < -0.4 is 0 Å². The molecule has 8 nitrogen and oxygen atoms in total. The number of carbonyl (C=O) groups is 3. The van der Waals surface area contributed by atoms with Crippen molar-refractivity contribution in [2.45, 2.75) is 19.9 Å². The van der Waals surface area contributed by atoms with Crippen LogP contribution in [0.4, 0.5) is 0 Å². The standard InChI is InChI=1S/C17H23N3O5/c1-11(10-21)15(22)20-7-6-19(9-12(20)2)16(23)13-4-5-18-8-14(13)17(24)25-3/h4-5,8,11-12,21H,6-7,9-10H2,1-3H3. The Labute approximate surface area is 146 Å². The zero-order valence-electron chi connectivity index (χ0n) is 14.6. The van der Waals surface area contributed by atoms with E-state index in [9.17, 15) is 14.4 Å². The highest BCUT2D eigenvalue weighted by Crippen LogP contribution is 2.18. The fourth-order valence-electron chi connectivity index (χ4n) is 2.85. The number of amides is 2. The minimum absolute atomic E-state index is 0.120. The van der Waals surface area contributed by atoms with Crippen LogP contribution in [0.1, 0.15) is 34.6 Å². The summed E-state index contributed by atoms with van der Waals surface area (Å²) in [7, 11) is 1.25. The molecule has 8 heteroatoms. The van der Waals surface area contributed by atoms with Gasteiger partial charge in [-0.05, 0) is 13.0 Å². The van der Waals surface area contributed by atoms with Crippen LogP contribution in [0.3, 0.4) is 0 Å². The Kier molecular flexibility index (Phi) is 6.08. The molecule has 2 heterocycles. The molecule has 2 rings (SSSR count). The largest absolute Gasteiger partial charge is 0.465 e. The highest BCUT2D eigenvalue weighted by molar-refractivity contribution is 6.05. The first-order valence-electron chi connectivity index (χ1n) is 8.13. The summed E-state index contributed by atoms with van der Waals surface area (Å²) in [4.78, 5) is 44.0. The number of esters is 1. The third kappa shape index (κ3) is 3.96.